The number of hydrogen-bond acceptors (Lipinski definition) is 2. The van der Waals surface area contributed by atoms with Crippen molar-refractivity contribution in [1.82, 2.24) is 0 Å². The maximum Gasteiger partial charge on any atom is 0.195 e. The van der Waals surface area contributed by atoms with Crippen LogP contribution in [0.3, 0.4) is 0 Å². The van der Waals surface area contributed by atoms with Crippen LogP contribution in [0.4, 0.5) is 5.69 Å². The van der Waals surface area contributed by atoms with Crippen molar-refractivity contribution in [3.63, 3.8) is 0 Å². The number of ketones is 1. The predicted molar refractivity (Wildman–Crippen MR) is 141 cm³/mol. The summed E-state index contributed by atoms with van der Waals surface area (Å²) in [5.74, 6) is 0.0171. The summed E-state index contributed by atoms with van der Waals surface area (Å²) in [4.78, 5) is 16.1. The molecular weight excluding hydrogens is 414 g/mol. The first-order valence-corrected chi connectivity index (χ1v) is 11.6. The Hall–Kier alpha value is -4.17. The van der Waals surface area contributed by atoms with Gasteiger partial charge in [0, 0.05) is 23.0 Å². The van der Waals surface area contributed by atoms with E-state index in [0.717, 1.165) is 22.4 Å². The molecule has 0 radical (unpaired) electrons. The van der Waals surface area contributed by atoms with Crippen molar-refractivity contribution in [3.05, 3.63) is 155 Å². The lowest BCUT2D eigenvalue weighted by Gasteiger charge is -2.43. The van der Waals surface area contributed by atoms with E-state index in [1.165, 1.54) is 5.56 Å². The smallest absolute Gasteiger partial charge is 0.195 e. The van der Waals surface area contributed by atoms with Crippen molar-refractivity contribution < 1.29 is 4.79 Å². The van der Waals surface area contributed by atoms with Crippen LogP contribution in [0.25, 0.3) is 5.57 Å². The summed E-state index contributed by atoms with van der Waals surface area (Å²) in [5, 5.41) is 0. The molecule has 0 amide bonds. The van der Waals surface area contributed by atoms with Gasteiger partial charge in [-0.3, -0.25) is 4.79 Å². The van der Waals surface area contributed by atoms with Gasteiger partial charge in [-0.25, -0.2) is 0 Å². The Kier molecular flexibility index (Phi) is 5.73. The number of carbonyl (C=O) groups excluding carboxylic acids is 1. The number of nitrogens with zero attached hydrogens (tertiary/aromatic N) is 1. The van der Waals surface area contributed by atoms with Crippen LogP contribution in [0.5, 0.6) is 0 Å². The molecule has 0 bridgehead atoms. The van der Waals surface area contributed by atoms with Gasteiger partial charge in [0.15, 0.2) is 5.78 Å². The summed E-state index contributed by atoms with van der Waals surface area (Å²) < 4.78 is 0. The van der Waals surface area contributed by atoms with E-state index < -0.39 is 5.54 Å². The van der Waals surface area contributed by atoms with Crippen molar-refractivity contribution in [3.8, 4) is 0 Å². The molecule has 1 aliphatic rings. The average molecular weight is 442 g/mol. The first-order chi connectivity index (χ1) is 16.6. The number of anilines is 1. The van der Waals surface area contributed by atoms with E-state index in [4.69, 9.17) is 0 Å². The first-order valence-electron chi connectivity index (χ1n) is 11.6. The molecule has 34 heavy (non-hydrogen) atoms. The number of hydrogen-bond donors (Lipinski definition) is 0. The van der Waals surface area contributed by atoms with Gasteiger partial charge in [0.1, 0.15) is 0 Å². The molecule has 0 spiro atoms. The fourth-order valence-electron chi connectivity index (χ4n) is 4.59. The molecule has 1 heterocycles. The van der Waals surface area contributed by atoms with E-state index in [2.05, 4.69) is 85.5 Å². The molecule has 2 nitrogen and oxygen atoms in total. The average Bonchev–Trinajstić information content (AvgIpc) is 2.90. The van der Waals surface area contributed by atoms with Crippen molar-refractivity contribution >= 4 is 17.0 Å². The van der Waals surface area contributed by atoms with Gasteiger partial charge in [0.25, 0.3) is 0 Å². The minimum Gasteiger partial charge on any atom is -0.334 e. The second-order valence-electron chi connectivity index (χ2n) is 8.88. The Morgan fingerprint density at radius 2 is 1.26 bits per heavy atom. The largest absolute Gasteiger partial charge is 0.334 e. The van der Waals surface area contributed by atoms with E-state index in [-0.39, 0.29) is 5.78 Å². The summed E-state index contributed by atoms with van der Waals surface area (Å²) in [6.07, 6.45) is 4.28. The molecule has 5 rings (SSSR count). The van der Waals surface area contributed by atoms with Gasteiger partial charge in [-0.05, 0) is 48.8 Å². The van der Waals surface area contributed by atoms with E-state index in [1.807, 2.05) is 60.8 Å². The van der Waals surface area contributed by atoms with Crippen LogP contribution in [0, 0.1) is 6.92 Å². The van der Waals surface area contributed by atoms with Crippen LogP contribution in [0.2, 0.25) is 0 Å². The molecule has 0 saturated carbocycles. The van der Waals surface area contributed by atoms with Gasteiger partial charge in [0.2, 0.25) is 0 Å². The highest BCUT2D eigenvalue weighted by Crippen LogP contribution is 2.43. The minimum absolute atomic E-state index is 0.0171. The van der Waals surface area contributed by atoms with Gasteiger partial charge in [-0.1, -0.05) is 109 Å². The number of carbonyl (C=O) groups is 1. The Morgan fingerprint density at radius 1 is 0.706 bits per heavy atom. The van der Waals surface area contributed by atoms with Crippen LogP contribution in [0.1, 0.15) is 34.0 Å². The monoisotopic (exact) mass is 441 g/mol. The number of allylic oxidation sites excluding steroid dienone is 2. The highest BCUT2D eigenvalue weighted by Gasteiger charge is 2.37. The maximum absolute atomic E-state index is 13.8. The third kappa shape index (κ3) is 3.99. The second-order valence-corrected chi connectivity index (χ2v) is 8.88. The minimum atomic E-state index is -0.483. The molecule has 0 aromatic heterocycles. The molecule has 0 saturated heterocycles. The van der Waals surface area contributed by atoms with E-state index >= 15 is 0 Å². The standard InChI is InChI=1S/C32H27NO/c1-24-18-20-25(21-19-24)29-22-32(2,27-14-8-4-9-15-27)33(28-16-10-5-11-17-28)23-30(29)31(34)26-12-6-3-7-13-26/h3-23H,1-2H3. The van der Waals surface area contributed by atoms with Crippen LogP contribution < -0.4 is 4.90 Å². The molecule has 166 valence electrons. The molecular formula is C32H27NO. The maximum atomic E-state index is 13.8. The SMILES string of the molecule is Cc1ccc(C2=CC(C)(c3ccccc3)N(c3ccccc3)C=C2C(=O)c2ccccc2)cc1. The zero-order valence-corrected chi connectivity index (χ0v) is 19.5. The third-order valence-electron chi connectivity index (χ3n) is 6.51. The summed E-state index contributed by atoms with van der Waals surface area (Å²) in [5.41, 5.74) is 6.26. The zero-order valence-electron chi connectivity index (χ0n) is 19.5. The summed E-state index contributed by atoms with van der Waals surface area (Å²) in [6.45, 7) is 4.29. The molecule has 1 unspecified atom stereocenters. The molecule has 0 fully saturated rings. The van der Waals surface area contributed by atoms with Gasteiger partial charge in [-0.15, -0.1) is 0 Å². The molecule has 4 aromatic carbocycles. The molecule has 1 atom stereocenters. The number of rotatable bonds is 5. The number of aryl methyl sites for hydroxylation is 1. The van der Waals surface area contributed by atoms with Gasteiger partial charge >= 0.3 is 0 Å². The van der Waals surface area contributed by atoms with Crippen LogP contribution >= 0.6 is 0 Å². The van der Waals surface area contributed by atoms with Gasteiger partial charge < -0.3 is 4.90 Å². The van der Waals surface area contributed by atoms with Crippen molar-refractivity contribution in [2.45, 2.75) is 19.4 Å². The normalized spacial score (nSPS) is 17.6. The molecule has 1 aliphatic heterocycles. The van der Waals surface area contributed by atoms with E-state index in [0.29, 0.717) is 11.1 Å². The predicted octanol–water partition coefficient (Wildman–Crippen LogP) is 7.58. The molecule has 0 N–H and O–H groups in total. The third-order valence-corrected chi connectivity index (χ3v) is 6.51. The topological polar surface area (TPSA) is 20.3 Å². The fourth-order valence-corrected chi connectivity index (χ4v) is 4.59. The highest BCUT2D eigenvalue weighted by atomic mass is 16.1. The summed E-state index contributed by atoms with van der Waals surface area (Å²) in [7, 11) is 0. The summed E-state index contributed by atoms with van der Waals surface area (Å²) in [6, 6.07) is 38.7. The lowest BCUT2D eigenvalue weighted by atomic mass is 9.80. The Bertz CT molecular complexity index is 1350. The Morgan fingerprint density at radius 3 is 1.88 bits per heavy atom. The van der Waals surface area contributed by atoms with Gasteiger partial charge in [0.05, 0.1) is 5.54 Å². The number of Topliss-reactive ketones (excluding diaryl/α,β-unsaturated/α-hetero) is 1. The van der Waals surface area contributed by atoms with Crippen molar-refractivity contribution in [2.24, 2.45) is 0 Å². The van der Waals surface area contributed by atoms with Crippen molar-refractivity contribution in [2.75, 3.05) is 4.90 Å². The van der Waals surface area contributed by atoms with Gasteiger partial charge in [-0.2, -0.15) is 0 Å². The van der Waals surface area contributed by atoms with Crippen LogP contribution in [0.15, 0.2) is 133 Å². The highest BCUT2D eigenvalue weighted by molar-refractivity contribution is 6.19. The van der Waals surface area contributed by atoms with Crippen LogP contribution in [-0.4, -0.2) is 5.78 Å². The Balaban J connectivity index is 1.75. The number of benzene rings is 4. The van der Waals surface area contributed by atoms with Crippen molar-refractivity contribution in [1.29, 1.82) is 0 Å². The second kappa shape index (κ2) is 8.99. The zero-order chi connectivity index (χ0) is 23.5. The fraction of sp³-hybridized carbons (Fsp3) is 0.0938. The van der Waals surface area contributed by atoms with E-state index in [9.17, 15) is 4.79 Å². The lowest BCUT2D eigenvalue weighted by molar-refractivity contribution is 0.103. The molecule has 2 heteroatoms. The molecule has 4 aromatic rings. The Labute approximate surface area is 201 Å². The van der Waals surface area contributed by atoms with E-state index in [1.54, 1.807) is 0 Å². The van der Waals surface area contributed by atoms with Crippen LogP contribution in [-0.2, 0) is 5.54 Å². The summed E-state index contributed by atoms with van der Waals surface area (Å²) >= 11 is 0. The molecule has 0 aliphatic carbocycles. The first kappa shape index (κ1) is 21.7. The quantitative estimate of drug-likeness (QED) is 0.298. The number of para-hydroxylation sites is 1. The lowest BCUT2D eigenvalue weighted by Crippen LogP contribution is -2.42.